The Labute approximate surface area is 187 Å². The quantitative estimate of drug-likeness (QED) is 0.214. The molecule has 2 rings (SSSR count). The summed E-state index contributed by atoms with van der Waals surface area (Å²) in [5, 5.41) is 3.28. The van der Waals surface area contributed by atoms with Gasteiger partial charge in [-0.05, 0) is 51.9 Å². The monoisotopic (exact) mass is 510 g/mol. The number of unbranched alkanes of at least 4 members (excludes halogenated alkanes) is 2. The van der Waals surface area contributed by atoms with Crippen molar-refractivity contribution >= 4 is 36.0 Å². The summed E-state index contributed by atoms with van der Waals surface area (Å²) in [4.78, 5) is 17.9. The Morgan fingerprint density at radius 1 is 1.11 bits per heavy atom. The third kappa shape index (κ3) is 10.1. The van der Waals surface area contributed by atoms with E-state index in [4.69, 9.17) is 15.2 Å². The molecule has 1 amide bonds. The van der Waals surface area contributed by atoms with Gasteiger partial charge in [-0.25, -0.2) is 4.79 Å². The number of aliphatic imine (C=N–C) groups is 1. The van der Waals surface area contributed by atoms with Gasteiger partial charge in [0, 0.05) is 32.3 Å². The zero-order valence-corrected chi connectivity index (χ0v) is 19.7. The molecular weight excluding hydrogens is 471 g/mol. The number of halogens is 1. The highest BCUT2D eigenvalue weighted by molar-refractivity contribution is 14.0. The van der Waals surface area contributed by atoms with Crippen molar-refractivity contribution in [3.05, 3.63) is 0 Å². The van der Waals surface area contributed by atoms with Crippen LogP contribution in [0.25, 0.3) is 0 Å². The summed E-state index contributed by atoms with van der Waals surface area (Å²) in [5.41, 5.74) is 5.99. The Balaban J connectivity index is 0.00000392. The number of carbonyl (C=O) groups excluding carboxylic acids is 1. The van der Waals surface area contributed by atoms with Crippen molar-refractivity contribution in [2.45, 2.75) is 83.3 Å². The molecule has 0 aromatic carbocycles. The smallest absolute Gasteiger partial charge is 0.409 e. The Hall–Kier alpha value is -0.770. The summed E-state index contributed by atoms with van der Waals surface area (Å²) in [7, 11) is 0. The van der Waals surface area contributed by atoms with Crippen molar-refractivity contribution in [1.82, 2.24) is 10.2 Å². The van der Waals surface area contributed by atoms with E-state index in [1.54, 1.807) is 4.90 Å². The lowest BCUT2D eigenvalue weighted by atomic mass is 9.98. The molecular formula is C20H39IN4O3. The van der Waals surface area contributed by atoms with Crippen LogP contribution in [0.3, 0.4) is 0 Å². The van der Waals surface area contributed by atoms with Gasteiger partial charge < -0.3 is 25.4 Å². The van der Waals surface area contributed by atoms with Gasteiger partial charge in [-0.2, -0.15) is 0 Å². The Morgan fingerprint density at radius 2 is 1.82 bits per heavy atom. The molecule has 0 bridgehead atoms. The molecule has 2 fully saturated rings. The van der Waals surface area contributed by atoms with Gasteiger partial charge in [-0.1, -0.05) is 19.3 Å². The first-order valence-electron chi connectivity index (χ1n) is 10.8. The summed E-state index contributed by atoms with van der Waals surface area (Å²) in [6, 6.07) is 0.281. The van der Waals surface area contributed by atoms with Crippen molar-refractivity contribution in [2.75, 3.05) is 32.8 Å². The van der Waals surface area contributed by atoms with Crippen LogP contribution in [-0.4, -0.2) is 61.9 Å². The number of likely N-dealkylation sites (tertiary alicyclic amines) is 1. The van der Waals surface area contributed by atoms with E-state index in [1.165, 1.54) is 32.1 Å². The lowest BCUT2D eigenvalue weighted by Crippen LogP contribution is -2.48. The third-order valence-corrected chi connectivity index (χ3v) is 5.36. The molecule has 1 aliphatic carbocycles. The molecule has 1 heterocycles. The lowest BCUT2D eigenvalue weighted by Gasteiger charge is -2.31. The fraction of sp³-hybridized carbons (Fsp3) is 0.900. The number of amides is 1. The van der Waals surface area contributed by atoms with Crippen LogP contribution in [0, 0.1) is 0 Å². The maximum Gasteiger partial charge on any atom is 0.409 e. The molecule has 0 atom stereocenters. The minimum Gasteiger partial charge on any atom is -0.450 e. The highest BCUT2D eigenvalue weighted by Crippen LogP contribution is 2.20. The molecule has 0 aromatic rings. The SMILES string of the molecule is CCOC(=O)N1CCC(NC(N)=NCCCCCOC2CCCCC2)CC1.I. The van der Waals surface area contributed by atoms with Crippen LogP contribution in [0.5, 0.6) is 0 Å². The first kappa shape index (κ1) is 25.3. The molecule has 1 aliphatic heterocycles. The first-order chi connectivity index (χ1) is 13.2. The number of rotatable bonds is 9. The minimum atomic E-state index is -0.218. The normalized spacial score (nSPS) is 19.2. The molecule has 8 heteroatoms. The van der Waals surface area contributed by atoms with Gasteiger partial charge in [0.2, 0.25) is 0 Å². The first-order valence-corrected chi connectivity index (χ1v) is 10.8. The van der Waals surface area contributed by atoms with Crippen molar-refractivity contribution < 1.29 is 14.3 Å². The molecule has 2 aliphatic rings. The van der Waals surface area contributed by atoms with E-state index in [9.17, 15) is 4.79 Å². The highest BCUT2D eigenvalue weighted by atomic mass is 127. The molecule has 7 nitrogen and oxygen atoms in total. The standard InChI is InChI=1S/C20H38N4O3.HI/c1-2-26-20(25)24-14-11-17(12-15-24)23-19(21)22-13-7-4-8-16-27-18-9-5-3-6-10-18;/h17-18H,2-16H2,1H3,(H3,21,22,23);1H. The number of nitrogens with one attached hydrogen (secondary N) is 1. The Kier molecular flexibility index (Phi) is 13.6. The fourth-order valence-corrected chi connectivity index (χ4v) is 3.75. The summed E-state index contributed by atoms with van der Waals surface area (Å²) in [6.07, 6.45) is 11.8. The van der Waals surface area contributed by atoms with Gasteiger partial charge in [0.05, 0.1) is 12.7 Å². The number of hydrogen-bond acceptors (Lipinski definition) is 4. The van der Waals surface area contributed by atoms with Crippen LogP contribution >= 0.6 is 24.0 Å². The Morgan fingerprint density at radius 3 is 2.50 bits per heavy atom. The molecule has 0 unspecified atom stereocenters. The number of ether oxygens (including phenoxy) is 2. The van der Waals surface area contributed by atoms with E-state index in [0.29, 0.717) is 31.8 Å². The maximum atomic E-state index is 11.7. The van der Waals surface area contributed by atoms with Crippen LogP contribution in [-0.2, 0) is 9.47 Å². The van der Waals surface area contributed by atoms with Crippen LogP contribution in [0.1, 0.15) is 71.1 Å². The predicted molar refractivity (Wildman–Crippen MR) is 123 cm³/mol. The van der Waals surface area contributed by atoms with Crippen LogP contribution in [0.4, 0.5) is 4.79 Å². The zero-order chi connectivity index (χ0) is 19.3. The third-order valence-electron chi connectivity index (χ3n) is 5.36. The van der Waals surface area contributed by atoms with Gasteiger partial charge in [-0.15, -0.1) is 24.0 Å². The van der Waals surface area contributed by atoms with Crippen LogP contribution in [0.15, 0.2) is 4.99 Å². The molecule has 0 aromatic heterocycles. The van der Waals surface area contributed by atoms with Gasteiger partial charge in [0.15, 0.2) is 5.96 Å². The second-order valence-corrected chi connectivity index (χ2v) is 7.56. The molecule has 1 saturated carbocycles. The van der Waals surface area contributed by atoms with Crippen molar-refractivity contribution in [1.29, 1.82) is 0 Å². The lowest BCUT2D eigenvalue weighted by molar-refractivity contribution is 0.0264. The van der Waals surface area contributed by atoms with E-state index in [1.807, 2.05) is 6.92 Å². The zero-order valence-electron chi connectivity index (χ0n) is 17.4. The Bertz CT molecular complexity index is 451. The summed E-state index contributed by atoms with van der Waals surface area (Å²) >= 11 is 0. The molecule has 0 radical (unpaired) electrons. The summed E-state index contributed by atoms with van der Waals surface area (Å²) < 4.78 is 11.0. The summed E-state index contributed by atoms with van der Waals surface area (Å²) in [6.45, 7) is 5.27. The van der Waals surface area contributed by atoms with Crippen LogP contribution in [0.2, 0.25) is 0 Å². The number of hydrogen-bond donors (Lipinski definition) is 2. The average Bonchev–Trinajstić information content (AvgIpc) is 2.69. The van der Waals surface area contributed by atoms with E-state index in [2.05, 4.69) is 10.3 Å². The predicted octanol–water partition coefficient (Wildman–Crippen LogP) is 3.65. The fourth-order valence-electron chi connectivity index (χ4n) is 3.75. The topological polar surface area (TPSA) is 89.2 Å². The number of nitrogens with zero attached hydrogens (tertiary/aromatic N) is 2. The number of guanidine groups is 1. The van der Waals surface area contributed by atoms with Gasteiger partial charge >= 0.3 is 6.09 Å². The minimum absolute atomic E-state index is 0. The number of nitrogens with two attached hydrogens (primary N) is 1. The van der Waals surface area contributed by atoms with Crippen molar-refractivity contribution in [3.8, 4) is 0 Å². The molecule has 1 saturated heterocycles. The maximum absolute atomic E-state index is 11.7. The van der Waals surface area contributed by atoms with E-state index < -0.39 is 0 Å². The largest absolute Gasteiger partial charge is 0.450 e. The molecule has 0 spiro atoms. The van der Waals surface area contributed by atoms with E-state index >= 15 is 0 Å². The number of piperidine rings is 1. The van der Waals surface area contributed by atoms with Crippen LogP contribution < -0.4 is 11.1 Å². The molecule has 3 N–H and O–H groups in total. The second kappa shape index (κ2) is 15.1. The van der Waals surface area contributed by atoms with Gasteiger partial charge in [-0.3, -0.25) is 4.99 Å². The average molecular weight is 510 g/mol. The summed E-state index contributed by atoms with van der Waals surface area (Å²) in [5.74, 6) is 0.517. The van der Waals surface area contributed by atoms with Crippen molar-refractivity contribution in [3.63, 3.8) is 0 Å². The molecule has 164 valence electrons. The van der Waals surface area contributed by atoms with E-state index in [0.717, 1.165) is 45.3 Å². The van der Waals surface area contributed by atoms with Gasteiger partial charge in [0.25, 0.3) is 0 Å². The van der Waals surface area contributed by atoms with E-state index in [-0.39, 0.29) is 36.1 Å². The van der Waals surface area contributed by atoms with Gasteiger partial charge in [0.1, 0.15) is 0 Å². The molecule has 28 heavy (non-hydrogen) atoms. The van der Waals surface area contributed by atoms with Crippen molar-refractivity contribution in [2.24, 2.45) is 10.7 Å². The highest BCUT2D eigenvalue weighted by Gasteiger charge is 2.23. The second-order valence-electron chi connectivity index (χ2n) is 7.56. The number of carbonyl (C=O) groups is 1.